The molecule has 21 heavy (non-hydrogen) atoms. The summed E-state index contributed by atoms with van der Waals surface area (Å²) in [4.78, 5) is 12.3. The standard InChI is InChI=1S/C17H24FNO2/c1-12(2)13-8-10-17(11-9-13,16(20)21-3)19-15-6-4-14(18)5-7-15/h4-7,12-13,19H,8-11H2,1-3H3. The molecular formula is C17H24FNO2. The van der Waals surface area contributed by atoms with Gasteiger partial charge in [0.05, 0.1) is 7.11 Å². The number of carbonyl (C=O) groups excluding carboxylic acids is 1. The van der Waals surface area contributed by atoms with Crippen LogP contribution in [0.25, 0.3) is 0 Å². The van der Waals surface area contributed by atoms with Gasteiger partial charge in [-0.25, -0.2) is 9.18 Å². The summed E-state index contributed by atoms with van der Waals surface area (Å²) in [6.07, 6.45) is 3.50. The van der Waals surface area contributed by atoms with E-state index in [1.807, 2.05) is 0 Å². The van der Waals surface area contributed by atoms with Crippen molar-refractivity contribution in [1.82, 2.24) is 0 Å². The molecule has 1 aromatic carbocycles. The van der Waals surface area contributed by atoms with Gasteiger partial charge in [-0.1, -0.05) is 13.8 Å². The van der Waals surface area contributed by atoms with Crippen LogP contribution < -0.4 is 5.32 Å². The van der Waals surface area contributed by atoms with Crippen LogP contribution in [0.5, 0.6) is 0 Å². The number of hydrogen-bond acceptors (Lipinski definition) is 3. The summed E-state index contributed by atoms with van der Waals surface area (Å²) in [6, 6.07) is 6.11. The smallest absolute Gasteiger partial charge is 0.331 e. The predicted octanol–water partition coefficient (Wildman–Crippen LogP) is 4.00. The van der Waals surface area contributed by atoms with E-state index in [1.54, 1.807) is 12.1 Å². The highest BCUT2D eigenvalue weighted by molar-refractivity contribution is 5.84. The first-order valence-electron chi connectivity index (χ1n) is 7.59. The van der Waals surface area contributed by atoms with Gasteiger partial charge in [-0.2, -0.15) is 0 Å². The van der Waals surface area contributed by atoms with Crippen molar-refractivity contribution in [3.8, 4) is 0 Å². The Morgan fingerprint density at radius 1 is 1.29 bits per heavy atom. The Balaban J connectivity index is 2.15. The van der Waals surface area contributed by atoms with Crippen molar-refractivity contribution in [3.63, 3.8) is 0 Å². The van der Waals surface area contributed by atoms with Gasteiger partial charge in [-0.05, 0) is 61.8 Å². The molecule has 0 heterocycles. The fourth-order valence-corrected chi connectivity index (χ4v) is 3.18. The molecule has 0 amide bonds. The second kappa shape index (κ2) is 6.46. The van der Waals surface area contributed by atoms with Gasteiger partial charge < -0.3 is 10.1 Å². The van der Waals surface area contributed by atoms with E-state index in [1.165, 1.54) is 19.2 Å². The quantitative estimate of drug-likeness (QED) is 0.853. The summed E-state index contributed by atoms with van der Waals surface area (Å²) in [5.74, 6) is 0.773. The zero-order valence-electron chi connectivity index (χ0n) is 13.0. The Bertz CT molecular complexity index is 476. The molecule has 4 heteroatoms. The highest BCUT2D eigenvalue weighted by Crippen LogP contribution is 2.38. The summed E-state index contributed by atoms with van der Waals surface area (Å²) in [5, 5.41) is 3.29. The van der Waals surface area contributed by atoms with Crippen molar-refractivity contribution >= 4 is 11.7 Å². The average Bonchev–Trinajstić information content (AvgIpc) is 2.49. The minimum absolute atomic E-state index is 0.228. The minimum Gasteiger partial charge on any atom is -0.467 e. The molecule has 0 unspecified atom stereocenters. The van der Waals surface area contributed by atoms with Crippen molar-refractivity contribution in [2.75, 3.05) is 12.4 Å². The van der Waals surface area contributed by atoms with E-state index in [-0.39, 0.29) is 11.8 Å². The number of esters is 1. The second-order valence-electron chi connectivity index (χ2n) is 6.29. The van der Waals surface area contributed by atoms with Crippen molar-refractivity contribution in [3.05, 3.63) is 30.1 Å². The number of methoxy groups -OCH3 is 1. The predicted molar refractivity (Wildman–Crippen MR) is 81.6 cm³/mol. The third-order valence-corrected chi connectivity index (χ3v) is 4.63. The van der Waals surface area contributed by atoms with Crippen molar-refractivity contribution in [2.24, 2.45) is 11.8 Å². The molecule has 0 bridgehead atoms. The number of rotatable bonds is 4. The molecule has 0 aliphatic heterocycles. The van der Waals surface area contributed by atoms with Crippen LogP contribution in [0.2, 0.25) is 0 Å². The summed E-state index contributed by atoms with van der Waals surface area (Å²) in [7, 11) is 1.42. The fourth-order valence-electron chi connectivity index (χ4n) is 3.18. The van der Waals surface area contributed by atoms with Crippen LogP contribution in [-0.2, 0) is 9.53 Å². The highest BCUT2D eigenvalue weighted by Gasteiger charge is 2.43. The van der Waals surface area contributed by atoms with Gasteiger partial charge in [0.15, 0.2) is 0 Å². The first kappa shape index (κ1) is 15.8. The Kier molecular flexibility index (Phi) is 4.86. The van der Waals surface area contributed by atoms with Crippen LogP contribution in [0.15, 0.2) is 24.3 Å². The van der Waals surface area contributed by atoms with Crippen LogP contribution >= 0.6 is 0 Å². The van der Waals surface area contributed by atoms with Gasteiger partial charge in [0.25, 0.3) is 0 Å². The second-order valence-corrected chi connectivity index (χ2v) is 6.29. The van der Waals surface area contributed by atoms with E-state index in [0.717, 1.165) is 31.4 Å². The highest BCUT2D eigenvalue weighted by atomic mass is 19.1. The van der Waals surface area contributed by atoms with E-state index in [2.05, 4.69) is 19.2 Å². The molecule has 3 nitrogen and oxygen atoms in total. The van der Waals surface area contributed by atoms with E-state index < -0.39 is 5.54 Å². The minimum atomic E-state index is -0.683. The normalized spacial score (nSPS) is 25.7. The molecule has 1 aliphatic rings. The summed E-state index contributed by atoms with van der Waals surface area (Å²) in [6.45, 7) is 4.45. The van der Waals surface area contributed by atoms with Gasteiger partial charge in [0.1, 0.15) is 11.4 Å². The first-order valence-corrected chi connectivity index (χ1v) is 7.59. The lowest BCUT2D eigenvalue weighted by Crippen LogP contribution is -2.50. The number of nitrogens with one attached hydrogen (secondary N) is 1. The molecule has 1 aromatic rings. The zero-order chi connectivity index (χ0) is 15.5. The van der Waals surface area contributed by atoms with Crippen LogP contribution in [-0.4, -0.2) is 18.6 Å². The van der Waals surface area contributed by atoms with Crippen molar-refractivity contribution in [1.29, 1.82) is 0 Å². The van der Waals surface area contributed by atoms with E-state index in [9.17, 15) is 9.18 Å². The fraction of sp³-hybridized carbons (Fsp3) is 0.588. The third kappa shape index (κ3) is 3.55. The summed E-state index contributed by atoms with van der Waals surface area (Å²) in [5.41, 5.74) is 0.0719. The molecule has 1 aliphatic carbocycles. The SMILES string of the molecule is COC(=O)C1(Nc2ccc(F)cc2)CCC(C(C)C)CC1. The van der Waals surface area contributed by atoms with E-state index >= 15 is 0 Å². The van der Waals surface area contributed by atoms with Crippen LogP contribution in [0, 0.1) is 17.7 Å². The van der Waals surface area contributed by atoms with Crippen molar-refractivity contribution < 1.29 is 13.9 Å². The van der Waals surface area contributed by atoms with E-state index in [4.69, 9.17) is 4.74 Å². The molecule has 0 radical (unpaired) electrons. The average molecular weight is 293 g/mol. The molecule has 0 saturated heterocycles. The first-order chi connectivity index (χ1) is 9.97. The molecule has 1 saturated carbocycles. The lowest BCUT2D eigenvalue weighted by atomic mass is 9.72. The number of hydrogen-bond donors (Lipinski definition) is 1. The van der Waals surface area contributed by atoms with Crippen molar-refractivity contribution in [2.45, 2.75) is 45.1 Å². The van der Waals surface area contributed by atoms with Gasteiger partial charge >= 0.3 is 5.97 Å². The maximum Gasteiger partial charge on any atom is 0.331 e. The largest absolute Gasteiger partial charge is 0.467 e. The molecule has 116 valence electrons. The maximum absolute atomic E-state index is 13.0. The number of ether oxygens (including phenoxy) is 1. The molecule has 1 fully saturated rings. The topological polar surface area (TPSA) is 38.3 Å². The summed E-state index contributed by atoms with van der Waals surface area (Å²) < 4.78 is 18.0. The Labute approximate surface area is 125 Å². The van der Waals surface area contributed by atoms with Gasteiger partial charge in [0, 0.05) is 5.69 Å². The van der Waals surface area contributed by atoms with Crippen LogP contribution in [0.3, 0.4) is 0 Å². The lowest BCUT2D eigenvalue weighted by molar-refractivity contribution is -0.147. The number of anilines is 1. The van der Waals surface area contributed by atoms with E-state index in [0.29, 0.717) is 11.8 Å². The molecule has 1 N–H and O–H groups in total. The number of halogens is 1. The summed E-state index contributed by atoms with van der Waals surface area (Å²) >= 11 is 0. The van der Waals surface area contributed by atoms with Gasteiger partial charge in [0.2, 0.25) is 0 Å². The zero-order valence-corrected chi connectivity index (χ0v) is 13.0. The Morgan fingerprint density at radius 3 is 2.33 bits per heavy atom. The molecule has 0 aromatic heterocycles. The Hall–Kier alpha value is -1.58. The molecule has 0 atom stereocenters. The number of benzene rings is 1. The maximum atomic E-state index is 13.0. The monoisotopic (exact) mass is 293 g/mol. The van der Waals surface area contributed by atoms with Crippen LogP contribution in [0.4, 0.5) is 10.1 Å². The molecule has 2 rings (SSSR count). The Morgan fingerprint density at radius 2 is 1.86 bits per heavy atom. The number of carbonyl (C=O) groups is 1. The van der Waals surface area contributed by atoms with Crippen LogP contribution in [0.1, 0.15) is 39.5 Å². The molecular weight excluding hydrogens is 269 g/mol. The lowest BCUT2D eigenvalue weighted by Gasteiger charge is -2.40. The van der Waals surface area contributed by atoms with Gasteiger partial charge in [-0.15, -0.1) is 0 Å². The molecule has 0 spiro atoms. The van der Waals surface area contributed by atoms with Gasteiger partial charge in [-0.3, -0.25) is 0 Å². The third-order valence-electron chi connectivity index (χ3n) is 4.63.